The van der Waals surface area contributed by atoms with Crippen molar-refractivity contribution in [1.82, 2.24) is 9.88 Å². The minimum Gasteiger partial charge on any atom is -0.492 e. The third kappa shape index (κ3) is 5.30. The molecule has 0 bridgehead atoms. The molecule has 0 amide bonds. The zero-order chi connectivity index (χ0) is 21.7. The second kappa shape index (κ2) is 9.94. The van der Waals surface area contributed by atoms with Crippen LogP contribution in [0.5, 0.6) is 5.75 Å². The summed E-state index contributed by atoms with van der Waals surface area (Å²) in [6.07, 6.45) is 2.36. The lowest BCUT2D eigenvalue weighted by Crippen LogP contribution is -2.15. The highest BCUT2D eigenvalue weighted by atomic mass is 35.5. The summed E-state index contributed by atoms with van der Waals surface area (Å²) in [5.41, 5.74) is 2.57. The Bertz CT molecular complexity index is 1050. The van der Waals surface area contributed by atoms with Gasteiger partial charge in [0.25, 0.3) is 0 Å². The van der Waals surface area contributed by atoms with E-state index in [1.165, 1.54) is 6.20 Å². The molecular formula is C23H22Cl2N2O3. The lowest BCUT2D eigenvalue weighted by Gasteiger charge is -2.14. The number of carboxylic acid groups (broad SMARTS) is 1. The van der Waals surface area contributed by atoms with E-state index in [0.29, 0.717) is 33.5 Å². The van der Waals surface area contributed by atoms with Gasteiger partial charge in [-0.15, -0.1) is 0 Å². The highest BCUT2D eigenvalue weighted by molar-refractivity contribution is 6.33. The van der Waals surface area contributed by atoms with Crippen LogP contribution in [0.1, 0.15) is 16.9 Å². The topological polar surface area (TPSA) is 62.7 Å². The summed E-state index contributed by atoms with van der Waals surface area (Å²) in [7, 11) is 4.00. The average Bonchev–Trinajstić information content (AvgIpc) is 2.72. The molecule has 0 aliphatic carbocycles. The van der Waals surface area contributed by atoms with Crippen LogP contribution in [0, 0.1) is 0 Å². The molecule has 7 heteroatoms. The quantitative estimate of drug-likeness (QED) is 0.448. The summed E-state index contributed by atoms with van der Waals surface area (Å²) >= 11 is 12.6. The molecule has 0 aliphatic heterocycles. The van der Waals surface area contributed by atoms with E-state index in [1.807, 2.05) is 32.3 Å². The van der Waals surface area contributed by atoms with Gasteiger partial charge in [0, 0.05) is 34.5 Å². The molecule has 0 fully saturated rings. The summed E-state index contributed by atoms with van der Waals surface area (Å²) in [6.45, 7) is 1.40. The highest BCUT2D eigenvalue weighted by Crippen LogP contribution is 2.35. The summed E-state index contributed by atoms with van der Waals surface area (Å²) in [5, 5.41) is 10.7. The Labute approximate surface area is 185 Å². The number of aromatic nitrogens is 1. The fraction of sp³-hybridized carbons (Fsp3) is 0.217. The van der Waals surface area contributed by atoms with Gasteiger partial charge in [-0.2, -0.15) is 0 Å². The zero-order valence-corrected chi connectivity index (χ0v) is 18.2. The number of rotatable bonds is 8. The van der Waals surface area contributed by atoms with Crippen molar-refractivity contribution in [2.45, 2.75) is 6.42 Å². The molecule has 0 saturated carbocycles. The molecule has 0 unspecified atom stereocenters. The van der Waals surface area contributed by atoms with Crippen molar-refractivity contribution >= 4 is 29.2 Å². The summed E-state index contributed by atoms with van der Waals surface area (Å²) in [4.78, 5) is 18.0. The van der Waals surface area contributed by atoms with E-state index in [4.69, 9.17) is 27.9 Å². The van der Waals surface area contributed by atoms with Crippen LogP contribution in [0.25, 0.3) is 22.3 Å². The van der Waals surface area contributed by atoms with Gasteiger partial charge < -0.3 is 14.7 Å². The third-order valence-corrected chi connectivity index (χ3v) is 5.17. The fourth-order valence-corrected chi connectivity index (χ4v) is 3.46. The number of halogens is 2. The number of pyridine rings is 1. The largest absolute Gasteiger partial charge is 0.492 e. The number of hydrogen-bond acceptors (Lipinski definition) is 4. The standard InChI is InChI=1S/C23H22Cl2N2O3/c1-27(2)10-5-11-30-21-13-15(8-9-20(21)25)18-12-16(14-26-22(18)23(28)29)17-6-3-4-7-19(17)24/h3-4,6-9,12-14H,5,10-11H2,1-2H3,(H,28,29). The lowest BCUT2D eigenvalue weighted by molar-refractivity contribution is 0.0691. The molecule has 3 aromatic rings. The number of nitrogens with zero attached hydrogens (tertiary/aromatic N) is 2. The van der Waals surface area contributed by atoms with E-state index in [0.717, 1.165) is 24.1 Å². The highest BCUT2D eigenvalue weighted by Gasteiger charge is 2.17. The van der Waals surface area contributed by atoms with E-state index in [9.17, 15) is 9.90 Å². The van der Waals surface area contributed by atoms with E-state index >= 15 is 0 Å². The smallest absolute Gasteiger partial charge is 0.355 e. The minimum atomic E-state index is -1.11. The Kier molecular flexibility index (Phi) is 7.32. The Hall–Kier alpha value is -2.60. The maximum absolute atomic E-state index is 11.8. The van der Waals surface area contributed by atoms with E-state index < -0.39 is 5.97 Å². The Morgan fingerprint density at radius 3 is 2.50 bits per heavy atom. The number of benzene rings is 2. The molecule has 2 aromatic carbocycles. The molecule has 0 aliphatic rings. The first-order chi connectivity index (χ1) is 14.4. The van der Waals surface area contributed by atoms with Crippen LogP contribution in [0.3, 0.4) is 0 Å². The van der Waals surface area contributed by atoms with Gasteiger partial charge in [-0.05, 0) is 50.3 Å². The van der Waals surface area contributed by atoms with Crippen molar-refractivity contribution in [2.75, 3.05) is 27.2 Å². The van der Waals surface area contributed by atoms with Gasteiger partial charge in [-0.25, -0.2) is 9.78 Å². The number of hydrogen-bond donors (Lipinski definition) is 1. The molecule has 156 valence electrons. The molecule has 3 rings (SSSR count). The Morgan fingerprint density at radius 2 is 1.80 bits per heavy atom. The monoisotopic (exact) mass is 444 g/mol. The van der Waals surface area contributed by atoms with Gasteiger partial charge >= 0.3 is 5.97 Å². The molecule has 1 aromatic heterocycles. The zero-order valence-electron chi connectivity index (χ0n) is 16.7. The predicted molar refractivity (Wildman–Crippen MR) is 121 cm³/mol. The second-order valence-corrected chi connectivity index (χ2v) is 7.87. The van der Waals surface area contributed by atoms with Crippen LogP contribution in [-0.2, 0) is 0 Å². The van der Waals surface area contributed by atoms with Crippen molar-refractivity contribution in [3.05, 3.63) is 70.5 Å². The van der Waals surface area contributed by atoms with E-state index in [2.05, 4.69) is 9.88 Å². The summed E-state index contributed by atoms with van der Waals surface area (Å²) in [6, 6.07) is 14.3. The molecular weight excluding hydrogens is 423 g/mol. The number of carbonyl (C=O) groups is 1. The maximum atomic E-state index is 11.8. The van der Waals surface area contributed by atoms with Gasteiger partial charge in [0.05, 0.1) is 11.6 Å². The third-order valence-electron chi connectivity index (χ3n) is 4.52. The van der Waals surface area contributed by atoms with Crippen LogP contribution >= 0.6 is 23.2 Å². The maximum Gasteiger partial charge on any atom is 0.355 e. The molecule has 0 spiro atoms. The molecule has 5 nitrogen and oxygen atoms in total. The van der Waals surface area contributed by atoms with E-state index in [1.54, 1.807) is 30.3 Å². The second-order valence-electron chi connectivity index (χ2n) is 7.06. The van der Waals surface area contributed by atoms with Crippen molar-refractivity contribution in [2.24, 2.45) is 0 Å². The summed E-state index contributed by atoms with van der Waals surface area (Å²) < 4.78 is 5.84. The van der Waals surface area contributed by atoms with Crippen LogP contribution in [0.2, 0.25) is 10.0 Å². The Morgan fingerprint density at radius 1 is 1.03 bits per heavy atom. The number of aromatic carboxylic acids is 1. The molecule has 0 saturated heterocycles. The predicted octanol–water partition coefficient (Wildman–Crippen LogP) is 5.75. The average molecular weight is 445 g/mol. The minimum absolute atomic E-state index is 0.0494. The summed E-state index contributed by atoms with van der Waals surface area (Å²) in [5.74, 6) is -0.605. The van der Waals surface area contributed by atoms with Gasteiger partial charge in [0.1, 0.15) is 5.75 Å². The van der Waals surface area contributed by atoms with E-state index in [-0.39, 0.29) is 5.69 Å². The first kappa shape index (κ1) is 22.1. The normalized spacial score (nSPS) is 11.0. The van der Waals surface area contributed by atoms with Crippen LogP contribution in [0.15, 0.2) is 54.7 Å². The van der Waals surface area contributed by atoms with Crippen LogP contribution in [-0.4, -0.2) is 48.2 Å². The number of ether oxygens (including phenoxy) is 1. The first-order valence-corrected chi connectivity index (χ1v) is 10.2. The van der Waals surface area contributed by atoms with Gasteiger partial charge in [-0.3, -0.25) is 0 Å². The van der Waals surface area contributed by atoms with Crippen LogP contribution in [0.4, 0.5) is 0 Å². The van der Waals surface area contributed by atoms with Crippen molar-refractivity contribution in [1.29, 1.82) is 0 Å². The van der Waals surface area contributed by atoms with Gasteiger partial charge in [0.2, 0.25) is 0 Å². The molecule has 0 radical (unpaired) electrons. The molecule has 30 heavy (non-hydrogen) atoms. The molecule has 1 heterocycles. The number of carboxylic acids is 1. The molecule has 1 N–H and O–H groups in total. The molecule has 0 atom stereocenters. The van der Waals surface area contributed by atoms with Crippen LogP contribution < -0.4 is 4.74 Å². The van der Waals surface area contributed by atoms with Crippen molar-refractivity contribution in [3.63, 3.8) is 0 Å². The van der Waals surface area contributed by atoms with Crippen molar-refractivity contribution in [3.8, 4) is 28.0 Å². The Balaban J connectivity index is 1.99. The van der Waals surface area contributed by atoms with Crippen molar-refractivity contribution < 1.29 is 14.6 Å². The lowest BCUT2D eigenvalue weighted by atomic mass is 9.98. The van der Waals surface area contributed by atoms with Gasteiger partial charge in [-0.1, -0.05) is 47.5 Å². The first-order valence-electron chi connectivity index (χ1n) is 9.42. The fourth-order valence-electron chi connectivity index (χ4n) is 3.04. The SMILES string of the molecule is CN(C)CCCOc1cc(-c2cc(-c3ccccc3Cl)cnc2C(=O)O)ccc1Cl. The van der Waals surface area contributed by atoms with Gasteiger partial charge in [0.15, 0.2) is 5.69 Å².